The van der Waals surface area contributed by atoms with Gasteiger partial charge in [0.25, 0.3) is 0 Å². The highest BCUT2D eigenvalue weighted by molar-refractivity contribution is 5.75. The molecule has 0 bridgehead atoms. The van der Waals surface area contributed by atoms with Gasteiger partial charge in [0.05, 0.1) is 0 Å². The van der Waals surface area contributed by atoms with Crippen molar-refractivity contribution in [3.05, 3.63) is 65.5 Å². The molecular weight excluding hydrogens is 276 g/mol. The smallest absolute Gasteiger partial charge is 0.411 e. The Labute approximate surface area is 129 Å². The van der Waals surface area contributed by atoms with Crippen LogP contribution in [0.25, 0.3) is 0 Å². The van der Waals surface area contributed by atoms with Crippen molar-refractivity contribution in [2.45, 2.75) is 31.4 Å². The first-order chi connectivity index (χ1) is 10.6. The molecule has 2 atom stereocenters. The van der Waals surface area contributed by atoms with Crippen molar-refractivity contribution in [2.24, 2.45) is 0 Å². The molecule has 0 spiro atoms. The topological polar surface area (TPSA) is 42.4 Å². The van der Waals surface area contributed by atoms with Crippen molar-refractivity contribution in [2.75, 3.05) is 6.54 Å². The second kappa shape index (κ2) is 4.32. The molecule has 0 radical (unpaired) electrons. The van der Waals surface area contributed by atoms with E-state index in [1.807, 2.05) is 30.0 Å². The maximum absolute atomic E-state index is 12.5. The summed E-state index contributed by atoms with van der Waals surface area (Å²) in [6.07, 6.45) is 4.14. The van der Waals surface area contributed by atoms with E-state index in [0.29, 0.717) is 6.54 Å². The number of cyclic esters (lactones) is 1. The minimum Gasteiger partial charge on any atom is -0.435 e. The summed E-state index contributed by atoms with van der Waals surface area (Å²) in [5, 5.41) is 0. The van der Waals surface area contributed by atoms with E-state index in [2.05, 4.69) is 30.1 Å². The first-order valence-electron chi connectivity index (χ1n) is 7.57. The normalized spacial score (nSPS) is 29.7. The Hall–Kier alpha value is -2.36. The lowest BCUT2D eigenvalue weighted by atomic mass is 9.70. The Bertz CT molecular complexity index is 746. The van der Waals surface area contributed by atoms with E-state index in [-0.39, 0.29) is 6.09 Å². The Morgan fingerprint density at radius 3 is 2.77 bits per heavy atom. The highest BCUT2D eigenvalue weighted by Crippen LogP contribution is 2.54. The summed E-state index contributed by atoms with van der Waals surface area (Å²) in [7, 11) is 0. The van der Waals surface area contributed by atoms with Gasteiger partial charge in [-0.1, -0.05) is 30.3 Å². The van der Waals surface area contributed by atoms with Crippen molar-refractivity contribution >= 4 is 6.09 Å². The molecule has 4 nitrogen and oxygen atoms in total. The number of amides is 1. The Balaban J connectivity index is 1.98. The summed E-state index contributed by atoms with van der Waals surface area (Å²) in [5.74, 6) is 0. The first-order valence-corrected chi connectivity index (χ1v) is 7.57. The molecule has 22 heavy (non-hydrogen) atoms. The summed E-state index contributed by atoms with van der Waals surface area (Å²) < 4.78 is 5.89. The average Bonchev–Trinajstić information content (AvgIpc) is 2.76. The van der Waals surface area contributed by atoms with Crippen LogP contribution in [0, 0.1) is 0 Å². The molecule has 0 aliphatic carbocycles. The Kier molecular flexibility index (Phi) is 2.61. The van der Waals surface area contributed by atoms with Gasteiger partial charge in [0.2, 0.25) is 0 Å². The molecule has 1 fully saturated rings. The summed E-state index contributed by atoms with van der Waals surface area (Å²) in [5.41, 5.74) is 2.09. The van der Waals surface area contributed by atoms with Gasteiger partial charge in [0.15, 0.2) is 5.60 Å². The molecule has 3 heterocycles. The highest BCUT2D eigenvalue weighted by atomic mass is 16.6. The zero-order chi connectivity index (χ0) is 15.4. The van der Waals surface area contributed by atoms with Crippen LogP contribution in [0.15, 0.2) is 48.8 Å². The lowest BCUT2D eigenvalue weighted by molar-refractivity contribution is -0.00270. The van der Waals surface area contributed by atoms with E-state index in [1.165, 1.54) is 11.1 Å². The molecule has 1 amide bonds. The van der Waals surface area contributed by atoms with Crippen molar-refractivity contribution in [1.29, 1.82) is 0 Å². The minimum atomic E-state index is -0.755. The lowest BCUT2D eigenvalue weighted by Crippen LogP contribution is -2.54. The number of hydrogen-bond donors (Lipinski definition) is 0. The zero-order valence-electron chi connectivity index (χ0n) is 12.7. The molecular formula is C18H18N2O2. The molecule has 2 aliphatic heterocycles. The van der Waals surface area contributed by atoms with E-state index < -0.39 is 11.1 Å². The van der Waals surface area contributed by atoms with Crippen LogP contribution in [0.5, 0.6) is 0 Å². The number of rotatable bonds is 1. The number of carbonyl (C=O) groups excluding carboxylic acids is 1. The average molecular weight is 294 g/mol. The van der Waals surface area contributed by atoms with Crippen LogP contribution in [0.1, 0.15) is 30.5 Å². The Morgan fingerprint density at radius 2 is 2.00 bits per heavy atom. The molecule has 112 valence electrons. The SMILES string of the molecule is C[C@]12c3ccccc3CCN1C(=O)O[C@]2(C)c1cccnc1. The molecule has 2 aromatic rings. The molecule has 4 rings (SSSR count). The van der Waals surface area contributed by atoms with Crippen LogP contribution in [0.3, 0.4) is 0 Å². The number of fused-ring (bicyclic) bond motifs is 3. The van der Waals surface area contributed by atoms with Crippen LogP contribution in [0.4, 0.5) is 4.79 Å². The summed E-state index contributed by atoms with van der Waals surface area (Å²) >= 11 is 0. The standard InChI is InChI=1S/C18H18N2O2/c1-17-15-8-4-3-6-13(15)9-11-20(17)16(21)22-18(17,2)14-7-5-10-19-12-14/h3-8,10,12H,9,11H2,1-2H3/t17-,18-/m1/s1. The molecule has 0 unspecified atom stereocenters. The largest absolute Gasteiger partial charge is 0.435 e. The van der Waals surface area contributed by atoms with E-state index in [1.54, 1.807) is 12.4 Å². The number of carbonyl (C=O) groups is 1. The summed E-state index contributed by atoms with van der Waals surface area (Å²) in [4.78, 5) is 18.6. The maximum atomic E-state index is 12.5. The molecule has 0 saturated carbocycles. The van der Waals surface area contributed by atoms with Gasteiger partial charge in [-0.05, 0) is 37.5 Å². The highest BCUT2D eigenvalue weighted by Gasteiger charge is 2.63. The van der Waals surface area contributed by atoms with Crippen molar-refractivity contribution < 1.29 is 9.53 Å². The second-order valence-electron chi connectivity index (χ2n) is 6.27. The molecule has 1 aromatic carbocycles. The van der Waals surface area contributed by atoms with Crippen LogP contribution in [-0.2, 0) is 22.3 Å². The van der Waals surface area contributed by atoms with Gasteiger partial charge in [-0.25, -0.2) is 4.79 Å². The fraction of sp³-hybridized carbons (Fsp3) is 0.333. The van der Waals surface area contributed by atoms with Gasteiger partial charge in [-0.3, -0.25) is 9.88 Å². The quantitative estimate of drug-likeness (QED) is 0.811. The number of ether oxygens (including phenoxy) is 1. The van der Waals surface area contributed by atoms with Gasteiger partial charge in [0.1, 0.15) is 5.54 Å². The van der Waals surface area contributed by atoms with Gasteiger partial charge in [-0.2, -0.15) is 0 Å². The van der Waals surface area contributed by atoms with Crippen molar-refractivity contribution in [3.63, 3.8) is 0 Å². The minimum absolute atomic E-state index is 0.247. The van der Waals surface area contributed by atoms with Gasteiger partial charge in [0, 0.05) is 24.5 Å². The molecule has 1 saturated heterocycles. The van der Waals surface area contributed by atoms with Gasteiger partial charge >= 0.3 is 6.09 Å². The lowest BCUT2D eigenvalue weighted by Gasteiger charge is -2.46. The molecule has 1 aromatic heterocycles. The summed E-state index contributed by atoms with van der Waals surface area (Å²) in [6, 6.07) is 12.2. The maximum Gasteiger partial charge on any atom is 0.411 e. The number of benzene rings is 1. The van der Waals surface area contributed by atoms with Crippen molar-refractivity contribution in [3.8, 4) is 0 Å². The van der Waals surface area contributed by atoms with Crippen LogP contribution in [0.2, 0.25) is 0 Å². The van der Waals surface area contributed by atoms with E-state index in [9.17, 15) is 4.79 Å². The van der Waals surface area contributed by atoms with E-state index in [4.69, 9.17) is 4.74 Å². The number of pyridine rings is 1. The van der Waals surface area contributed by atoms with Crippen LogP contribution in [-0.4, -0.2) is 22.5 Å². The number of aromatic nitrogens is 1. The number of nitrogens with zero attached hydrogens (tertiary/aromatic N) is 2. The third-order valence-electron chi connectivity index (χ3n) is 5.34. The van der Waals surface area contributed by atoms with E-state index in [0.717, 1.165) is 12.0 Å². The zero-order valence-corrected chi connectivity index (χ0v) is 12.7. The van der Waals surface area contributed by atoms with Gasteiger partial charge < -0.3 is 4.74 Å². The fourth-order valence-corrected chi connectivity index (χ4v) is 3.92. The summed E-state index contributed by atoms with van der Waals surface area (Å²) in [6.45, 7) is 4.77. The predicted octanol–water partition coefficient (Wildman–Crippen LogP) is 3.22. The van der Waals surface area contributed by atoms with Crippen LogP contribution < -0.4 is 0 Å². The first kappa shape index (κ1) is 13.3. The third kappa shape index (κ3) is 1.47. The molecule has 4 heteroatoms. The Morgan fingerprint density at radius 1 is 1.18 bits per heavy atom. The second-order valence-corrected chi connectivity index (χ2v) is 6.27. The third-order valence-corrected chi connectivity index (χ3v) is 5.34. The van der Waals surface area contributed by atoms with Gasteiger partial charge in [-0.15, -0.1) is 0 Å². The number of hydrogen-bond acceptors (Lipinski definition) is 3. The monoisotopic (exact) mass is 294 g/mol. The van der Waals surface area contributed by atoms with Crippen LogP contribution >= 0.6 is 0 Å². The molecule has 2 aliphatic rings. The predicted molar refractivity (Wildman–Crippen MR) is 82.3 cm³/mol. The van der Waals surface area contributed by atoms with Crippen molar-refractivity contribution in [1.82, 2.24) is 9.88 Å². The van der Waals surface area contributed by atoms with E-state index >= 15 is 0 Å². The molecule has 0 N–H and O–H groups in total. The fourth-order valence-electron chi connectivity index (χ4n) is 3.92.